The molecule has 102 valence electrons. The van der Waals surface area contributed by atoms with Gasteiger partial charge in [0.1, 0.15) is 0 Å². The van der Waals surface area contributed by atoms with Crippen molar-refractivity contribution < 1.29 is 9.47 Å². The van der Waals surface area contributed by atoms with Gasteiger partial charge < -0.3 is 9.47 Å². The largest absolute Gasteiger partial charge is 0.369 e. The zero-order chi connectivity index (χ0) is 13.0. The molecule has 0 radical (unpaired) electrons. The lowest BCUT2D eigenvalue weighted by molar-refractivity contribution is 0.0478. The van der Waals surface area contributed by atoms with Gasteiger partial charge in [0.2, 0.25) is 0 Å². The molecule has 1 spiro atoms. The zero-order valence-corrected chi connectivity index (χ0v) is 12.2. The van der Waals surface area contributed by atoms with E-state index in [-0.39, 0.29) is 11.2 Å². The van der Waals surface area contributed by atoms with E-state index < -0.39 is 0 Å². The second-order valence-electron chi connectivity index (χ2n) is 7.01. The molecule has 0 N–H and O–H groups in total. The molecule has 2 heteroatoms. The van der Waals surface area contributed by atoms with Crippen LogP contribution >= 0.6 is 0 Å². The van der Waals surface area contributed by atoms with Crippen molar-refractivity contribution in [1.29, 1.82) is 0 Å². The molecule has 0 bridgehead atoms. The van der Waals surface area contributed by atoms with Crippen LogP contribution in [0.1, 0.15) is 53.4 Å². The fourth-order valence-corrected chi connectivity index (χ4v) is 4.24. The van der Waals surface area contributed by atoms with Crippen LogP contribution in [0.4, 0.5) is 0 Å². The molecule has 2 aliphatic heterocycles. The maximum absolute atomic E-state index is 6.12. The van der Waals surface area contributed by atoms with Gasteiger partial charge in [0.25, 0.3) is 0 Å². The van der Waals surface area contributed by atoms with Crippen molar-refractivity contribution in [3.63, 3.8) is 0 Å². The Bertz CT molecular complexity index is 365. The van der Waals surface area contributed by atoms with Crippen LogP contribution in [0.2, 0.25) is 0 Å². The van der Waals surface area contributed by atoms with E-state index in [4.69, 9.17) is 9.47 Å². The number of ether oxygens (including phenoxy) is 2. The standard InChI is InChI=1S/C16H26O2/c1-11(2)7-8-13-15(4,18-13)14-12(3)6-5-9-16(14)10-17-16/h7,12-14H,5-6,8-10H2,1-4H3/t12?,13-,14?,15?,16?/m1/s1. The molecule has 2 heterocycles. The van der Waals surface area contributed by atoms with E-state index in [0.717, 1.165) is 18.9 Å². The van der Waals surface area contributed by atoms with E-state index in [9.17, 15) is 0 Å². The van der Waals surface area contributed by atoms with E-state index in [1.54, 1.807) is 0 Å². The van der Waals surface area contributed by atoms with E-state index in [1.165, 1.54) is 24.8 Å². The summed E-state index contributed by atoms with van der Waals surface area (Å²) in [7, 11) is 0. The average Bonchev–Trinajstić information content (AvgIpc) is 3.17. The third-order valence-corrected chi connectivity index (χ3v) is 5.25. The molecule has 2 saturated heterocycles. The van der Waals surface area contributed by atoms with E-state index in [2.05, 4.69) is 33.8 Å². The minimum atomic E-state index is 0.0717. The number of rotatable bonds is 3. The van der Waals surface area contributed by atoms with Gasteiger partial charge >= 0.3 is 0 Å². The molecule has 5 atom stereocenters. The van der Waals surface area contributed by atoms with Gasteiger partial charge in [-0.05, 0) is 39.5 Å². The molecular formula is C16H26O2. The summed E-state index contributed by atoms with van der Waals surface area (Å²) < 4.78 is 12.0. The minimum Gasteiger partial charge on any atom is -0.369 e. The Labute approximate surface area is 111 Å². The number of hydrogen-bond acceptors (Lipinski definition) is 2. The van der Waals surface area contributed by atoms with Gasteiger partial charge in [-0.1, -0.05) is 31.4 Å². The van der Waals surface area contributed by atoms with Gasteiger partial charge in [-0.25, -0.2) is 0 Å². The van der Waals surface area contributed by atoms with E-state index >= 15 is 0 Å². The summed E-state index contributed by atoms with van der Waals surface area (Å²) in [5, 5.41) is 0. The Morgan fingerprint density at radius 1 is 1.39 bits per heavy atom. The predicted molar refractivity (Wildman–Crippen MR) is 72.5 cm³/mol. The molecule has 0 aromatic rings. The van der Waals surface area contributed by atoms with Gasteiger partial charge in [-0.3, -0.25) is 0 Å². The molecule has 3 fully saturated rings. The molecule has 4 unspecified atom stereocenters. The highest BCUT2D eigenvalue weighted by Crippen LogP contribution is 2.60. The smallest absolute Gasteiger partial charge is 0.0982 e. The number of hydrogen-bond donors (Lipinski definition) is 0. The Hall–Kier alpha value is -0.340. The second kappa shape index (κ2) is 4.08. The van der Waals surface area contributed by atoms with Crippen molar-refractivity contribution in [2.45, 2.75) is 70.7 Å². The Morgan fingerprint density at radius 3 is 2.72 bits per heavy atom. The van der Waals surface area contributed by atoms with Gasteiger partial charge in [-0.2, -0.15) is 0 Å². The summed E-state index contributed by atoms with van der Waals surface area (Å²) in [5.41, 5.74) is 1.65. The first-order valence-corrected chi connectivity index (χ1v) is 7.43. The first-order chi connectivity index (χ1) is 8.48. The third kappa shape index (κ3) is 1.94. The van der Waals surface area contributed by atoms with E-state index in [0.29, 0.717) is 12.0 Å². The topological polar surface area (TPSA) is 25.1 Å². The number of allylic oxidation sites excluding steroid dienone is 1. The fraction of sp³-hybridized carbons (Fsp3) is 0.875. The molecule has 1 aliphatic carbocycles. The summed E-state index contributed by atoms with van der Waals surface area (Å²) in [4.78, 5) is 0. The maximum atomic E-state index is 6.12. The lowest BCUT2D eigenvalue weighted by Crippen LogP contribution is -2.44. The van der Waals surface area contributed by atoms with Gasteiger partial charge in [0.15, 0.2) is 0 Å². The molecule has 2 nitrogen and oxygen atoms in total. The average molecular weight is 250 g/mol. The monoisotopic (exact) mass is 250 g/mol. The minimum absolute atomic E-state index is 0.0717. The van der Waals surface area contributed by atoms with Crippen molar-refractivity contribution in [1.82, 2.24) is 0 Å². The highest BCUT2D eigenvalue weighted by molar-refractivity contribution is 5.18. The quantitative estimate of drug-likeness (QED) is 0.563. The van der Waals surface area contributed by atoms with Crippen LogP contribution in [0.3, 0.4) is 0 Å². The summed E-state index contributed by atoms with van der Waals surface area (Å²) in [6, 6.07) is 0. The van der Waals surface area contributed by atoms with Crippen molar-refractivity contribution in [3.8, 4) is 0 Å². The first-order valence-electron chi connectivity index (χ1n) is 7.43. The zero-order valence-electron chi connectivity index (χ0n) is 12.2. The van der Waals surface area contributed by atoms with Crippen LogP contribution < -0.4 is 0 Å². The third-order valence-electron chi connectivity index (χ3n) is 5.25. The summed E-state index contributed by atoms with van der Waals surface area (Å²) >= 11 is 0. The van der Waals surface area contributed by atoms with E-state index in [1.807, 2.05) is 0 Å². The molecule has 3 aliphatic rings. The molecule has 18 heavy (non-hydrogen) atoms. The summed E-state index contributed by atoms with van der Waals surface area (Å²) in [6.45, 7) is 9.99. The molecular weight excluding hydrogens is 224 g/mol. The lowest BCUT2D eigenvalue weighted by atomic mass is 9.66. The van der Waals surface area contributed by atoms with Crippen LogP contribution in [0, 0.1) is 11.8 Å². The highest BCUT2D eigenvalue weighted by atomic mass is 16.6. The van der Waals surface area contributed by atoms with Gasteiger partial charge in [0.05, 0.1) is 23.9 Å². The Kier molecular flexibility index (Phi) is 2.87. The predicted octanol–water partition coefficient (Wildman–Crippen LogP) is 3.71. The van der Waals surface area contributed by atoms with Crippen molar-refractivity contribution in [2.75, 3.05) is 6.61 Å². The van der Waals surface area contributed by atoms with Crippen LogP contribution in [-0.4, -0.2) is 23.9 Å². The van der Waals surface area contributed by atoms with Gasteiger partial charge in [-0.15, -0.1) is 0 Å². The molecule has 0 aromatic carbocycles. The van der Waals surface area contributed by atoms with Crippen molar-refractivity contribution in [2.24, 2.45) is 11.8 Å². The lowest BCUT2D eigenvalue weighted by Gasteiger charge is -2.37. The molecule has 0 aromatic heterocycles. The van der Waals surface area contributed by atoms with Crippen LogP contribution in [0.15, 0.2) is 11.6 Å². The molecule has 1 saturated carbocycles. The maximum Gasteiger partial charge on any atom is 0.0982 e. The van der Waals surface area contributed by atoms with Crippen LogP contribution in [-0.2, 0) is 9.47 Å². The molecule has 0 amide bonds. The van der Waals surface area contributed by atoms with Crippen LogP contribution in [0.5, 0.6) is 0 Å². The summed E-state index contributed by atoms with van der Waals surface area (Å²) in [6.07, 6.45) is 7.70. The second-order valence-corrected chi connectivity index (χ2v) is 7.01. The first kappa shape index (κ1) is 12.7. The highest BCUT2D eigenvalue weighted by Gasteiger charge is 2.69. The van der Waals surface area contributed by atoms with Crippen molar-refractivity contribution >= 4 is 0 Å². The van der Waals surface area contributed by atoms with Crippen LogP contribution in [0.25, 0.3) is 0 Å². The van der Waals surface area contributed by atoms with Crippen molar-refractivity contribution in [3.05, 3.63) is 11.6 Å². The SMILES string of the molecule is CC(C)=CC[C@H]1OC1(C)C1C(C)CCCC12CO2. The molecule has 3 rings (SSSR count). The Morgan fingerprint density at radius 2 is 2.11 bits per heavy atom. The fourth-order valence-electron chi connectivity index (χ4n) is 4.24. The van der Waals surface area contributed by atoms with Gasteiger partial charge in [0, 0.05) is 5.92 Å². The summed E-state index contributed by atoms with van der Waals surface area (Å²) in [5.74, 6) is 1.34. The Balaban J connectivity index is 1.72. The normalized spacial score (nSPS) is 50.1. The number of epoxide rings is 2.